The maximum Gasteiger partial charge on any atom is 0.260 e. The predicted molar refractivity (Wildman–Crippen MR) is 499 cm³/mol. The van der Waals surface area contributed by atoms with Gasteiger partial charge in [0.2, 0.25) is 0 Å². The summed E-state index contributed by atoms with van der Waals surface area (Å²) in [6, 6.07) is 64.4. The van der Waals surface area contributed by atoms with Gasteiger partial charge in [-0.05, 0) is 200 Å². The summed E-state index contributed by atoms with van der Waals surface area (Å²) in [6.45, 7) is 28.6. The zero-order valence-electron chi connectivity index (χ0n) is 84.6. The van der Waals surface area contributed by atoms with Crippen LogP contribution in [0.1, 0.15) is 154 Å². The molecular formula is C110H97B2N3O2. The fourth-order valence-corrected chi connectivity index (χ4v) is 17.8. The Morgan fingerprint density at radius 2 is 0.709 bits per heavy atom. The summed E-state index contributed by atoms with van der Waals surface area (Å²) >= 11 is 0. The molecule has 0 amide bonds. The molecule has 0 atom stereocenters. The molecule has 0 bridgehead atoms. The van der Waals surface area contributed by atoms with E-state index in [4.69, 9.17) is 9.47 Å². The van der Waals surface area contributed by atoms with E-state index in [2.05, 4.69) is 154 Å². The fourth-order valence-electron chi connectivity index (χ4n) is 17.8. The van der Waals surface area contributed by atoms with Crippen molar-refractivity contribution in [1.29, 1.82) is 0 Å². The van der Waals surface area contributed by atoms with E-state index in [1.54, 1.807) is 54.6 Å². The van der Waals surface area contributed by atoms with E-state index in [1.807, 2.05) is 124 Å². The predicted octanol–water partition coefficient (Wildman–Crippen LogP) is 26.1. The van der Waals surface area contributed by atoms with Gasteiger partial charge in [0, 0.05) is 66.8 Å². The van der Waals surface area contributed by atoms with Crippen molar-refractivity contribution in [2.75, 3.05) is 9.80 Å². The standard InChI is InChI=1S/C110H97B2N3O2/c1-106(2,3)76-52-57-96-89(64-76)111-88-59-75(69-38-24-17-25-39-69)51-56-95(88)116-104-97(110(13,14)15)103-99(105(117-96)100(104)111)112-87-54-53-80(113-90-49-35-34-48-81(90)86-58-74(50-55-91(86)113)68-36-22-16-23-37-68)67-92(87)114(101-82(70-40-26-18-27-41-70)60-77(107(4,5)6)61-83(101)71-42-28-19-29-43-71)93-65-79(109(10,11)12)66-94(98(93)112)115(103)102-84(72-44-30-20-31-45-72)62-78(108(7,8)9)63-85(102)73-46-32-21-33-47-73/h16-67H,1-15H3/i34D,35D,48D,49D,50D,51D,52D,53D,54D,55D,56D,57D,58D,59D,64D,67D. The number of aromatic nitrogens is 1. The van der Waals surface area contributed by atoms with Crippen LogP contribution in [-0.2, 0) is 27.1 Å². The van der Waals surface area contributed by atoms with Gasteiger partial charge in [-0.25, -0.2) is 0 Å². The van der Waals surface area contributed by atoms with Crippen LogP contribution < -0.4 is 52.1 Å². The molecule has 0 fully saturated rings. The number of ether oxygens (including phenoxy) is 2. The lowest BCUT2D eigenvalue weighted by Crippen LogP contribution is -2.65. The van der Waals surface area contributed by atoms with Crippen LogP contribution in [0.4, 0.5) is 34.1 Å². The third kappa shape index (κ3) is 12.1. The molecule has 7 heteroatoms. The average molecular weight is 1530 g/mol. The summed E-state index contributed by atoms with van der Waals surface area (Å²) in [5.41, 5.74) is 9.61. The van der Waals surface area contributed by atoms with Gasteiger partial charge in [0.25, 0.3) is 13.4 Å². The molecule has 0 N–H and O–H groups in total. The SMILES string of the molecule is [2H]c1c([2H])c(-c2ccccc2)c([2H])c2c1Oc1c3c(c4c(c1C(C)(C)C)N(c1c(-c5ccccc5)cc(C(C)(C)C)cc1-c1ccccc1)c1cc(C(C)(C)C)cc5c1B4c1c([2H])c([2H])c(-n4c6c([2H])c([2H])c([2H])c([2H])c6c6c([2H])c(-c7ccccc7)c([2H])c([2H])c64)c([2H])c1N5c1c(-c4ccccc4)cc(C(C)(C)C)cc1-c1ccccc1)Oc1c([2H])c([2H])c(C(C)(C)C)c([2H])c1B23. The van der Waals surface area contributed by atoms with Gasteiger partial charge in [0.15, 0.2) is 0 Å². The monoisotopic (exact) mass is 1530 g/mol. The topological polar surface area (TPSA) is 29.9 Å². The van der Waals surface area contributed by atoms with E-state index in [0.717, 1.165) is 50.1 Å². The number of fused-ring (bicyclic) bond motifs is 12. The average Bonchev–Trinajstić information content (AvgIpc) is 0.781. The first-order valence-corrected chi connectivity index (χ1v) is 40.5. The highest BCUT2D eigenvalue weighted by atomic mass is 16.5. The maximum absolute atomic E-state index is 12.3. The van der Waals surface area contributed by atoms with Gasteiger partial charge in [-0.2, -0.15) is 0 Å². The molecule has 15 aromatic carbocycles. The molecular weight excluding hydrogens is 1420 g/mol. The number of nitrogens with zero attached hydrogens (tertiary/aromatic N) is 3. The maximum atomic E-state index is 12.3. The van der Waals surface area contributed by atoms with Crippen molar-refractivity contribution in [3.8, 4) is 95.4 Å². The first-order chi connectivity index (χ1) is 62.9. The van der Waals surface area contributed by atoms with Crippen LogP contribution in [0.2, 0.25) is 0 Å². The minimum atomic E-state index is -1.44. The summed E-state index contributed by atoms with van der Waals surface area (Å²) in [5.74, 6) is -0.133. The third-order valence-corrected chi connectivity index (χ3v) is 23.7. The second kappa shape index (κ2) is 27.0. The Labute approximate surface area is 713 Å². The van der Waals surface area contributed by atoms with E-state index in [9.17, 15) is 21.9 Å². The van der Waals surface area contributed by atoms with E-state index in [1.165, 1.54) is 4.57 Å². The van der Waals surface area contributed by atoms with Crippen LogP contribution in [0.5, 0.6) is 23.0 Å². The molecule has 0 saturated carbocycles. The van der Waals surface area contributed by atoms with Gasteiger partial charge in [0.05, 0.1) is 50.0 Å². The summed E-state index contributed by atoms with van der Waals surface area (Å²) in [6.07, 6.45) is 0. The van der Waals surface area contributed by atoms with E-state index < -0.39 is 101 Å². The number of hydrogen-bond donors (Lipinski definition) is 0. The summed E-state index contributed by atoms with van der Waals surface area (Å²) in [4.78, 5) is 4.38. The molecule has 117 heavy (non-hydrogen) atoms. The third-order valence-electron chi connectivity index (χ3n) is 23.7. The molecule has 0 saturated heterocycles. The molecule has 4 aliphatic rings. The second-order valence-electron chi connectivity index (χ2n) is 36.7. The Bertz CT molecular complexity index is 7590. The highest BCUT2D eigenvalue weighted by Gasteiger charge is 2.54. The van der Waals surface area contributed by atoms with E-state index in [0.29, 0.717) is 67.2 Å². The largest absolute Gasteiger partial charge is 0.459 e. The molecule has 0 unspecified atom stereocenters. The van der Waals surface area contributed by atoms with Crippen LogP contribution in [0.25, 0.3) is 94.3 Å². The van der Waals surface area contributed by atoms with Crippen LogP contribution in [0.3, 0.4) is 0 Å². The summed E-state index contributed by atoms with van der Waals surface area (Å²) in [7, 11) is 0. The minimum Gasteiger partial charge on any atom is -0.459 e. The van der Waals surface area contributed by atoms with Gasteiger partial charge in [-0.1, -0.05) is 340 Å². The second-order valence-corrected chi connectivity index (χ2v) is 36.7. The van der Waals surface area contributed by atoms with E-state index >= 15 is 0 Å². The number of benzene rings is 15. The highest BCUT2D eigenvalue weighted by molar-refractivity contribution is 7.03. The van der Waals surface area contributed by atoms with Crippen molar-refractivity contribution >= 4 is 102 Å². The van der Waals surface area contributed by atoms with Gasteiger partial charge < -0.3 is 23.8 Å². The number of anilines is 6. The van der Waals surface area contributed by atoms with Crippen LogP contribution in [-0.4, -0.2) is 18.0 Å². The van der Waals surface area contributed by atoms with Crippen molar-refractivity contribution in [2.45, 2.75) is 131 Å². The molecule has 5 nitrogen and oxygen atoms in total. The fraction of sp³-hybridized carbons (Fsp3) is 0.182. The first kappa shape index (κ1) is 57.5. The molecule has 1 aromatic heterocycles. The first-order valence-electron chi connectivity index (χ1n) is 48.5. The molecule has 0 radical (unpaired) electrons. The lowest BCUT2D eigenvalue weighted by molar-refractivity contribution is 0.448. The lowest BCUT2D eigenvalue weighted by atomic mass is 9.29. The van der Waals surface area contributed by atoms with Crippen molar-refractivity contribution in [3.63, 3.8) is 0 Å². The smallest absolute Gasteiger partial charge is 0.260 e. The quantitative estimate of drug-likeness (QED) is 0.135. The lowest BCUT2D eigenvalue weighted by Gasteiger charge is -2.49. The van der Waals surface area contributed by atoms with Crippen LogP contribution >= 0.6 is 0 Å². The molecule has 0 aliphatic carbocycles. The minimum absolute atomic E-state index is 0.00460. The van der Waals surface area contributed by atoms with Gasteiger partial charge in [0.1, 0.15) is 23.0 Å². The van der Waals surface area contributed by atoms with Gasteiger partial charge in [-0.3, -0.25) is 0 Å². The number of para-hydroxylation sites is 1. The Morgan fingerprint density at radius 1 is 0.291 bits per heavy atom. The normalized spacial score (nSPS) is 15.4. The Kier molecular flexibility index (Phi) is 13.3. The Hall–Kier alpha value is -12.6. The van der Waals surface area contributed by atoms with Gasteiger partial charge in [-0.15, -0.1) is 0 Å². The van der Waals surface area contributed by atoms with Crippen molar-refractivity contribution in [1.82, 2.24) is 4.57 Å². The Morgan fingerprint density at radius 3 is 1.21 bits per heavy atom. The van der Waals surface area contributed by atoms with Gasteiger partial charge >= 0.3 is 0 Å². The Balaban J connectivity index is 1.08. The summed E-state index contributed by atoms with van der Waals surface area (Å²) < 4.78 is 187. The van der Waals surface area contributed by atoms with Crippen molar-refractivity contribution in [2.24, 2.45) is 0 Å². The van der Waals surface area contributed by atoms with Crippen molar-refractivity contribution < 1.29 is 31.4 Å². The molecule has 4 aliphatic heterocycles. The zero-order chi connectivity index (χ0) is 94.4. The number of hydrogen-bond acceptors (Lipinski definition) is 4. The summed E-state index contributed by atoms with van der Waals surface area (Å²) in [5, 5.41) is -0.345. The molecule has 0 spiro atoms. The van der Waals surface area contributed by atoms with Crippen molar-refractivity contribution in [3.05, 3.63) is 343 Å². The van der Waals surface area contributed by atoms with E-state index in [-0.39, 0.29) is 131 Å². The molecule has 570 valence electrons. The number of rotatable bonds is 9. The van der Waals surface area contributed by atoms with Crippen LogP contribution in [0, 0.1) is 0 Å². The molecule has 5 heterocycles. The highest BCUT2D eigenvalue weighted by Crippen LogP contribution is 2.59. The molecule has 16 aromatic rings. The zero-order valence-corrected chi connectivity index (χ0v) is 68.6. The van der Waals surface area contributed by atoms with Crippen LogP contribution in [0.15, 0.2) is 315 Å². The molecule has 20 rings (SSSR count).